The number of carbonyl (C=O) groups excluding carboxylic acids is 1. The lowest BCUT2D eigenvalue weighted by Crippen LogP contribution is -2.41. The van der Waals surface area contributed by atoms with E-state index in [2.05, 4.69) is 31.2 Å². The fraction of sp³-hybridized carbons (Fsp3) is 0.583. The number of anilines is 2. The molecule has 0 aromatic carbocycles. The van der Waals surface area contributed by atoms with E-state index in [1.807, 2.05) is 0 Å². The smallest absolute Gasteiger partial charge is 0.372 e. The monoisotopic (exact) mass is 366 g/mol. The van der Waals surface area contributed by atoms with Gasteiger partial charge in [0.2, 0.25) is 11.7 Å². The van der Waals surface area contributed by atoms with Crippen molar-refractivity contribution in [1.82, 2.24) is 9.97 Å². The molecule has 5 nitrogen and oxygen atoms in total. The maximum Gasteiger partial charge on any atom is 0.450 e. The maximum atomic E-state index is 12.4. The molecule has 1 aliphatic heterocycles. The van der Waals surface area contributed by atoms with Crippen LogP contribution in [0.25, 0.3) is 0 Å². The van der Waals surface area contributed by atoms with Gasteiger partial charge in [-0.15, -0.1) is 0 Å². The Kier molecular flexibility index (Phi) is 4.70. The minimum absolute atomic E-state index is 0.159. The average Bonchev–Trinajstić information content (AvgIpc) is 2.46. The van der Waals surface area contributed by atoms with E-state index in [0.29, 0.717) is 29.3 Å². The van der Waals surface area contributed by atoms with Gasteiger partial charge in [-0.25, -0.2) is 4.98 Å². The van der Waals surface area contributed by atoms with Crippen LogP contribution in [0.15, 0.2) is 10.7 Å². The molecule has 1 aromatic rings. The van der Waals surface area contributed by atoms with Crippen LogP contribution in [0, 0.1) is 5.92 Å². The van der Waals surface area contributed by atoms with E-state index in [4.69, 9.17) is 0 Å². The van der Waals surface area contributed by atoms with Crippen LogP contribution in [0.3, 0.4) is 0 Å². The maximum absolute atomic E-state index is 12.4. The lowest BCUT2D eigenvalue weighted by Gasteiger charge is -2.31. The summed E-state index contributed by atoms with van der Waals surface area (Å²) in [6, 6.07) is 0. The molecule has 0 unspecified atom stereocenters. The number of rotatable bonds is 3. The zero-order valence-corrected chi connectivity index (χ0v) is 12.8. The van der Waals surface area contributed by atoms with Gasteiger partial charge in [0.15, 0.2) is 0 Å². The second-order valence-corrected chi connectivity index (χ2v) is 5.59. The molecule has 0 radical (unpaired) electrons. The van der Waals surface area contributed by atoms with Crippen molar-refractivity contribution in [2.45, 2.75) is 19.0 Å². The summed E-state index contributed by atoms with van der Waals surface area (Å²) in [5, 5.41) is 2.89. The van der Waals surface area contributed by atoms with E-state index in [1.54, 1.807) is 18.1 Å². The van der Waals surface area contributed by atoms with Crippen LogP contribution in [-0.2, 0) is 4.79 Å². The molecular weight excluding hydrogens is 353 g/mol. The molecule has 0 spiro atoms. The molecule has 0 aliphatic carbocycles. The Balaban J connectivity index is 2.03. The van der Waals surface area contributed by atoms with Crippen molar-refractivity contribution < 1.29 is 18.0 Å². The van der Waals surface area contributed by atoms with Crippen molar-refractivity contribution in [3.05, 3.63) is 10.7 Å². The van der Waals surface area contributed by atoms with Crippen LogP contribution in [0.5, 0.6) is 0 Å². The fourth-order valence-corrected chi connectivity index (χ4v) is 2.65. The Labute approximate surface area is 128 Å². The normalized spacial score (nSPS) is 16.9. The molecule has 0 amide bonds. The minimum atomic E-state index is -4.75. The summed E-state index contributed by atoms with van der Waals surface area (Å²) in [5.41, 5.74) is 0. The number of ketones is 1. The first-order valence-electron chi connectivity index (χ1n) is 6.39. The quantitative estimate of drug-likeness (QED) is 0.890. The number of carbonyl (C=O) groups is 1. The van der Waals surface area contributed by atoms with Crippen molar-refractivity contribution >= 4 is 33.5 Å². The van der Waals surface area contributed by atoms with E-state index in [-0.39, 0.29) is 12.8 Å². The summed E-state index contributed by atoms with van der Waals surface area (Å²) in [6.07, 6.45) is -2.85. The first kappa shape index (κ1) is 16.0. The summed E-state index contributed by atoms with van der Waals surface area (Å²) in [5.74, 6) is -1.54. The predicted molar refractivity (Wildman–Crippen MR) is 75.3 cm³/mol. The van der Waals surface area contributed by atoms with E-state index in [0.717, 1.165) is 0 Å². The number of piperidine rings is 1. The van der Waals surface area contributed by atoms with Gasteiger partial charge in [0.1, 0.15) is 5.82 Å². The fourth-order valence-electron chi connectivity index (χ4n) is 2.26. The Morgan fingerprint density at radius 1 is 1.43 bits per heavy atom. The van der Waals surface area contributed by atoms with Crippen LogP contribution in [0.4, 0.5) is 24.9 Å². The highest BCUT2D eigenvalue weighted by Crippen LogP contribution is 2.29. The van der Waals surface area contributed by atoms with Gasteiger partial charge in [0, 0.05) is 32.3 Å². The van der Waals surface area contributed by atoms with Gasteiger partial charge in [0.25, 0.3) is 0 Å². The molecule has 1 fully saturated rings. The zero-order valence-electron chi connectivity index (χ0n) is 11.2. The third-order valence-electron chi connectivity index (χ3n) is 3.40. The third-order valence-corrected chi connectivity index (χ3v) is 3.98. The van der Waals surface area contributed by atoms with Crippen molar-refractivity contribution in [2.24, 2.45) is 5.92 Å². The van der Waals surface area contributed by atoms with Gasteiger partial charge < -0.3 is 10.2 Å². The predicted octanol–water partition coefficient (Wildman–Crippen LogP) is 2.63. The number of nitrogens with one attached hydrogen (secondary N) is 1. The van der Waals surface area contributed by atoms with Crippen molar-refractivity contribution in [3.8, 4) is 0 Å². The Bertz CT molecular complexity index is 530. The largest absolute Gasteiger partial charge is 0.450 e. The topological polar surface area (TPSA) is 58.1 Å². The van der Waals surface area contributed by atoms with Gasteiger partial charge in [0.05, 0.1) is 4.47 Å². The molecule has 116 valence electrons. The van der Waals surface area contributed by atoms with Crippen LogP contribution >= 0.6 is 15.9 Å². The molecular formula is C12H14BrF3N4O. The van der Waals surface area contributed by atoms with Gasteiger partial charge in [-0.2, -0.15) is 18.2 Å². The molecule has 21 heavy (non-hydrogen) atoms. The van der Waals surface area contributed by atoms with Gasteiger partial charge >= 0.3 is 6.18 Å². The molecule has 0 saturated carbocycles. The first-order valence-corrected chi connectivity index (χ1v) is 7.18. The third kappa shape index (κ3) is 3.63. The molecule has 1 aliphatic rings. The number of hydrogen-bond acceptors (Lipinski definition) is 5. The van der Waals surface area contributed by atoms with Crippen LogP contribution in [-0.4, -0.2) is 42.1 Å². The summed E-state index contributed by atoms with van der Waals surface area (Å²) < 4.78 is 37.9. The molecule has 0 atom stereocenters. The highest BCUT2D eigenvalue weighted by atomic mass is 79.9. The van der Waals surface area contributed by atoms with Gasteiger partial charge in [-0.3, -0.25) is 4.79 Å². The number of hydrogen-bond donors (Lipinski definition) is 1. The van der Waals surface area contributed by atoms with Gasteiger partial charge in [-0.05, 0) is 28.8 Å². The summed E-state index contributed by atoms with van der Waals surface area (Å²) in [6.45, 7) is 0.661. The van der Waals surface area contributed by atoms with E-state index < -0.39 is 17.9 Å². The number of Topliss-reactive ketones (excluding diaryl/α,β-unsaturated/α-hetero) is 1. The second-order valence-electron chi connectivity index (χ2n) is 4.74. The van der Waals surface area contributed by atoms with E-state index >= 15 is 0 Å². The Morgan fingerprint density at radius 2 is 2.05 bits per heavy atom. The molecule has 9 heteroatoms. The van der Waals surface area contributed by atoms with Crippen molar-refractivity contribution in [1.29, 1.82) is 0 Å². The zero-order chi connectivity index (χ0) is 15.6. The number of aromatic nitrogens is 2. The standard InChI is InChI=1S/C12H14BrF3N4O/c1-17-10-8(13)6-18-11(19-10)20-4-2-7(3-5-20)9(21)12(14,15)16/h6-7H,2-5H2,1H3,(H,17,18,19). The Hall–Kier alpha value is -1.38. The van der Waals surface area contributed by atoms with Crippen LogP contribution < -0.4 is 10.2 Å². The highest BCUT2D eigenvalue weighted by molar-refractivity contribution is 9.10. The van der Waals surface area contributed by atoms with E-state index in [1.165, 1.54) is 0 Å². The first-order chi connectivity index (χ1) is 9.82. The van der Waals surface area contributed by atoms with Crippen molar-refractivity contribution in [3.63, 3.8) is 0 Å². The highest BCUT2D eigenvalue weighted by Gasteiger charge is 2.44. The SMILES string of the molecule is CNc1nc(N2CCC(C(=O)C(F)(F)F)CC2)ncc1Br. The minimum Gasteiger partial charge on any atom is -0.372 e. The van der Waals surface area contributed by atoms with Crippen molar-refractivity contribution in [2.75, 3.05) is 30.4 Å². The summed E-state index contributed by atoms with van der Waals surface area (Å²) in [7, 11) is 1.71. The lowest BCUT2D eigenvalue weighted by atomic mass is 9.92. The van der Waals surface area contributed by atoms with Crippen LogP contribution in [0.2, 0.25) is 0 Å². The van der Waals surface area contributed by atoms with Gasteiger partial charge in [-0.1, -0.05) is 0 Å². The molecule has 0 bridgehead atoms. The number of halogens is 4. The molecule has 2 rings (SSSR count). The molecule has 1 saturated heterocycles. The molecule has 2 heterocycles. The summed E-state index contributed by atoms with van der Waals surface area (Å²) >= 11 is 3.29. The molecule has 1 aromatic heterocycles. The Morgan fingerprint density at radius 3 is 2.57 bits per heavy atom. The summed E-state index contributed by atoms with van der Waals surface area (Å²) in [4.78, 5) is 21.4. The number of alkyl halides is 3. The second kappa shape index (κ2) is 6.17. The number of nitrogens with zero attached hydrogens (tertiary/aromatic N) is 3. The average molecular weight is 367 g/mol. The molecule has 1 N–H and O–H groups in total. The van der Waals surface area contributed by atoms with Crippen LogP contribution in [0.1, 0.15) is 12.8 Å². The lowest BCUT2D eigenvalue weighted by molar-refractivity contribution is -0.176. The van der Waals surface area contributed by atoms with E-state index in [9.17, 15) is 18.0 Å².